The lowest BCUT2D eigenvalue weighted by Crippen LogP contribution is -2.01. The van der Waals surface area contributed by atoms with E-state index in [1.807, 2.05) is 10.9 Å². The summed E-state index contributed by atoms with van der Waals surface area (Å²) in [5, 5.41) is 12.2. The van der Waals surface area contributed by atoms with Gasteiger partial charge in [-0.2, -0.15) is 0 Å². The van der Waals surface area contributed by atoms with E-state index in [1.165, 1.54) is 6.42 Å². The first-order chi connectivity index (χ1) is 5.38. The summed E-state index contributed by atoms with van der Waals surface area (Å²) in [5.41, 5.74) is 0. The van der Waals surface area contributed by atoms with E-state index in [2.05, 4.69) is 22.4 Å². The minimum absolute atomic E-state index is 0.901. The van der Waals surface area contributed by atoms with E-state index in [4.69, 9.17) is 0 Å². The van der Waals surface area contributed by atoms with Crippen LogP contribution in [0.5, 0.6) is 0 Å². The Kier molecular flexibility index (Phi) is 3.35. The van der Waals surface area contributed by atoms with Gasteiger partial charge in [0.2, 0.25) is 5.16 Å². The van der Waals surface area contributed by atoms with Crippen molar-refractivity contribution in [2.75, 3.05) is 6.26 Å². The first-order valence-corrected chi connectivity index (χ1v) is 4.91. The highest BCUT2D eigenvalue weighted by Gasteiger charge is 2.01. The fourth-order valence-electron chi connectivity index (χ4n) is 0.791. The van der Waals surface area contributed by atoms with Crippen LogP contribution in [-0.4, -0.2) is 26.5 Å². The average molecular weight is 172 g/mol. The van der Waals surface area contributed by atoms with Crippen LogP contribution in [0.4, 0.5) is 0 Å². The van der Waals surface area contributed by atoms with Crippen molar-refractivity contribution in [1.82, 2.24) is 20.2 Å². The number of rotatable bonds is 4. The maximum atomic E-state index is 3.86. The third kappa shape index (κ3) is 2.18. The van der Waals surface area contributed by atoms with E-state index in [0.29, 0.717) is 0 Å². The van der Waals surface area contributed by atoms with Gasteiger partial charge < -0.3 is 0 Å². The molecule has 0 N–H and O–H groups in total. The Morgan fingerprint density at radius 1 is 1.55 bits per heavy atom. The van der Waals surface area contributed by atoms with Gasteiger partial charge in [-0.3, -0.25) is 0 Å². The molecule has 0 radical (unpaired) electrons. The summed E-state index contributed by atoms with van der Waals surface area (Å²) in [6.45, 7) is 3.09. The first kappa shape index (κ1) is 8.52. The van der Waals surface area contributed by atoms with Crippen LogP contribution in [0.25, 0.3) is 0 Å². The second kappa shape index (κ2) is 4.33. The minimum Gasteiger partial charge on any atom is -0.220 e. The molecule has 4 nitrogen and oxygen atoms in total. The molecule has 0 aliphatic heterocycles. The van der Waals surface area contributed by atoms with E-state index < -0.39 is 0 Å². The van der Waals surface area contributed by atoms with Gasteiger partial charge in [-0.25, -0.2) is 4.68 Å². The molecule has 0 saturated heterocycles. The van der Waals surface area contributed by atoms with Crippen molar-refractivity contribution >= 4 is 11.8 Å². The number of aryl methyl sites for hydroxylation is 1. The Morgan fingerprint density at radius 3 is 3.00 bits per heavy atom. The molecular formula is C6H12N4S. The zero-order chi connectivity index (χ0) is 8.10. The minimum atomic E-state index is 0.901. The second-order valence-corrected chi connectivity index (χ2v) is 3.02. The van der Waals surface area contributed by atoms with Gasteiger partial charge in [0.15, 0.2) is 0 Å². The van der Waals surface area contributed by atoms with Crippen LogP contribution in [0, 0.1) is 0 Å². The van der Waals surface area contributed by atoms with Crippen molar-refractivity contribution in [1.29, 1.82) is 0 Å². The summed E-state index contributed by atoms with van der Waals surface area (Å²) in [5.74, 6) is 0. The predicted octanol–water partition coefficient (Wildman–Crippen LogP) is 1.20. The molecule has 0 bridgehead atoms. The largest absolute Gasteiger partial charge is 0.220 e. The lowest BCUT2D eigenvalue weighted by atomic mass is 10.3. The number of hydrogen-bond donors (Lipinski definition) is 0. The molecular weight excluding hydrogens is 160 g/mol. The Labute approximate surface area is 70.4 Å². The maximum Gasteiger partial charge on any atom is 0.209 e. The molecule has 0 spiro atoms. The van der Waals surface area contributed by atoms with Crippen LogP contribution in [0.1, 0.15) is 19.8 Å². The molecule has 0 fully saturated rings. The normalized spacial score (nSPS) is 10.4. The standard InChI is InChI=1S/C6H12N4S/c1-3-4-5-10-6(11-2)7-8-9-10/h3-5H2,1-2H3. The van der Waals surface area contributed by atoms with Gasteiger partial charge >= 0.3 is 0 Å². The summed E-state index contributed by atoms with van der Waals surface area (Å²) < 4.78 is 1.84. The van der Waals surface area contributed by atoms with Crippen molar-refractivity contribution in [3.63, 3.8) is 0 Å². The molecule has 0 saturated carbocycles. The summed E-state index contributed by atoms with van der Waals surface area (Å²) >= 11 is 1.58. The van der Waals surface area contributed by atoms with Gasteiger partial charge in [-0.15, -0.1) is 5.10 Å². The molecule has 62 valence electrons. The number of aromatic nitrogens is 4. The molecule has 5 heteroatoms. The number of hydrogen-bond acceptors (Lipinski definition) is 4. The molecule has 1 rings (SSSR count). The molecule has 0 aromatic carbocycles. The van der Waals surface area contributed by atoms with E-state index in [-0.39, 0.29) is 0 Å². The molecule has 1 heterocycles. The SMILES string of the molecule is CCCCn1nnnc1SC. The molecule has 0 aliphatic rings. The molecule has 0 unspecified atom stereocenters. The first-order valence-electron chi connectivity index (χ1n) is 3.68. The van der Waals surface area contributed by atoms with Crippen LogP contribution in [0.15, 0.2) is 5.16 Å². The third-order valence-electron chi connectivity index (χ3n) is 1.41. The fraction of sp³-hybridized carbons (Fsp3) is 0.833. The Hall–Kier alpha value is -0.580. The monoisotopic (exact) mass is 172 g/mol. The molecule has 0 aliphatic carbocycles. The second-order valence-electron chi connectivity index (χ2n) is 2.24. The van der Waals surface area contributed by atoms with Crippen molar-refractivity contribution < 1.29 is 0 Å². The van der Waals surface area contributed by atoms with Crippen molar-refractivity contribution in [3.8, 4) is 0 Å². The molecule has 0 atom stereocenters. The Morgan fingerprint density at radius 2 is 2.36 bits per heavy atom. The van der Waals surface area contributed by atoms with Gasteiger partial charge in [-0.1, -0.05) is 25.1 Å². The topological polar surface area (TPSA) is 43.6 Å². The molecule has 1 aromatic rings. The summed E-state index contributed by atoms with van der Waals surface area (Å²) in [6, 6.07) is 0. The molecule has 0 amide bonds. The predicted molar refractivity (Wildman–Crippen MR) is 44.5 cm³/mol. The average Bonchev–Trinajstić information content (AvgIpc) is 2.47. The van der Waals surface area contributed by atoms with Crippen molar-refractivity contribution in [2.24, 2.45) is 0 Å². The lowest BCUT2D eigenvalue weighted by molar-refractivity contribution is 0.518. The number of nitrogens with zero attached hydrogens (tertiary/aromatic N) is 4. The molecule has 1 aromatic heterocycles. The highest BCUT2D eigenvalue weighted by atomic mass is 32.2. The highest BCUT2D eigenvalue weighted by Crippen LogP contribution is 2.08. The quantitative estimate of drug-likeness (QED) is 0.640. The van der Waals surface area contributed by atoms with Crippen LogP contribution < -0.4 is 0 Å². The van der Waals surface area contributed by atoms with Gasteiger partial charge in [0.25, 0.3) is 0 Å². The van der Waals surface area contributed by atoms with E-state index >= 15 is 0 Å². The smallest absolute Gasteiger partial charge is 0.209 e. The lowest BCUT2D eigenvalue weighted by Gasteiger charge is -1.98. The van der Waals surface area contributed by atoms with E-state index in [1.54, 1.807) is 11.8 Å². The third-order valence-corrected chi connectivity index (χ3v) is 2.06. The number of thioether (sulfide) groups is 1. The number of unbranched alkanes of at least 4 members (excludes halogenated alkanes) is 1. The summed E-state index contributed by atoms with van der Waals surface area (Å²) in [6.07, 6.45) is 4.29. The van der Waals surface area contributed by atoms with Gasteiger partial charge in [-0.05, 0) is 23.1 Å². The summed E-state index contributed by atoms with van der Waals surface area (Å²) in [4.78, 5) is 0. The van der Waals surface area contributed by atoms with Crippen LogP contribution >= 0.6 is 11.8 Å². The van der Waals surface area contributed by atoms with E-state index in [0.717, 1.165) is 18.1 Å². The number of tetrazole rings is 1. The molecule has 11 heavy (non-hydrogen) atoms. The van der Waals surface area contributed by atoms with Gasteiger partial charge in [0, 0.05) is 6.54 Å². The maximum absolute atomic E-state index is 3.86. The van der Waals surface area contributed by atoms with Crippen LogP contribution in [0.2, 0.25) is 0 Å². The Balaban J connectivity index is 2.54. The van der Waals surface area contributed by atoms with Crippen LogP contribution in [-0.2, 0) is 6.54 Å². The van der Waals surface area contributed by atoms with Crippen LogP contribution in [0.3, 0.4) is 0 Å². The van der Waals surface area contributed by atoms with Gasteiger partial charge in [0.1, 0.15) is 0 Å². The van der Waals surface area contributed by atoms with Crippen molar-refractivity contribution in [3.05, 3.63) is 0 Å². The van der Waals surface area contributed by atoms with Gasteiger partial charge in [0.05, 0.1) is 0 Å². The zero-order valence-corrected chi connectivity index (χ0v) is 7.63. The van der Waals surface area contributed by atoms with Crippen molar-refractivity contribution in [2.45, 2.75) is 31.5 Å². The fourth-order valence-corrected chi connectivity index (χ4v) is 1.25. The zero-order valence-electron chi connectivity index (χ0n) is 6.82. The highest BCUT2D eigenvalue weighted by molar-refractivity contribution is 7.98. The van der Waals surface area contributed by atoms with E-state index in [9.17, 15) is 0 Å². The summed E-state index contributed by atoms with van der Waals surface area (Å²) in [7, 11) is 0. The Bertz CT molecular complexity index is 210.